The monoisotopic (exact) mass is 172 g/mol. The molecule has 1 saturated carbocycles. The molecular weight excluding hydrogens is 152 g/mol. The molecule has 0 amide bonds. The lowest BCUT2D eigenvalue weighted by Gasteiger charge is -2.38. The first-order valence-electron chi connectivity index (χ1n) is 4.77. The van der Waals surface area contributed by atoms with E-state index in [1.165, 1.54) is 0 Å². The van der Waals surface area contributed by atoms with Crippen LogP contribution in [0.25, 0.3) is 0 Å². The normalized spacial score (nSPS) is 38.2. The molecule has 3 atom stereocenters. The number of rotatable bonds is 0. The first-order chi connectivity index (χ1) is 5.41. The molecule has 1 fully saturated rings. The van der Waals surface area contributed by atoms with Crippen molar-refractivity contribution < 1.29 is 10.2 Å². The summed E-state index contributed by atoms with van der Waals surface area (Å²) < 4.78 is 0. The Bertz CT molecular complexity index is 148. The van der Waals surface area contributed by atoms with Gasteiger partial charge in [-0.2, -0.15) is 0 Å². The van der Waals surface area contributed by atoms with Gasteiger partial charge in [0, 0.05) is 0 Å². The van der Waals surface area contributed by atoms with Crippen molar-refractivity contribution in [1.82, 2.24) is 0 Å². The first-order valence-corrected chi connectivity index (χ1v) is 4.77. The standard InChI is InChI=1S/C10H20O2/c1-10(2,3)7-4-5-8(11)9(12)6-7/h7-9,11-12H,4-6H2,1-3H3/t7-,8?,9-/m1/s1. The highest BCUT2D eigenvalue weighted by Gasteiger charge is 2.33. The van der Waals surface area contributed by atoms with Crippen LogP contribution in [0, 0.1) is 11.3 Å². The van der Waals surface area contributed by atoms with E-state index in [4.69, 9.17) is 0 Å². The van der Waals surface area contributed by atoms with Crippen LogP contribution in [-0.4, -0.2) is 22.4 Å². The van der Waals surface area contributed by atoms with Crippen LogP contribution in [0.2, 0.25) is 0 Å². The molecule has 0 radical (unpaired) electrons. The molecule has 0 aromatic carbocycles. The molecule has 2 N–H and O–H groups in total. The second-order valence-corrected chi connectivity index (χ2v) is 5.01. The molecule has 0 heterocycles. The van der Waals surface area contributed by atoms with Gasteiger partial charge in [-0.25, -0.2) is 0 Å². The van der Waals surface area contributed by atoms with Gasteiger partial charge in [0.2, 0.25) is 0 Å². The van der Waals surface area contributed by atoms with Crippen LogP contribution in [0.3, 0.4) is 0 Å². The van der Waals surface area contributed by atoms with Gasteiger partial charge < -0.3 is 10.2 Å². The van der Waals surface area contributed by atoms with E-state index in [1.807, 2.05) is 0 Å². The third kappa shape index (κ3) is 2.20. The predicted octanol–water partition coefficient (Wildman–Crippen LogP) is 1.55. The summed E-state index contributed by atoms with van der Waals surface area (Å²) in [4.78, 5) is 0. The van der Waals surface area contributed by atoms with Gasteiger partial charge in [-0.05, 0) is 30.6 Å². The maximum Gasteiger partial charge on any atom is 0.0801 e. The van der Waals surface area contributed by atoms with Crippen molar-refractivity contribution in [3.05, 3.63) is 0 Å². The van der Waals surface area contributed by atoms with Gasteiger partial charge in [-0.15, -0.1) is 0 Å². The fourth-order valence-corrected chi connectivity index (χ4v) is 1.92. The Kier molecular flexibility index (Phi) is 2.79. The van der Waals surface area contributed by atoms with Crippen LogP contribution in [0.5, 0.6) is 0 Å². The quantitative estimate of drug-likeness (QED) is 0.582. The predicted molar refractivity (Wildman–Crippen MR) is 48.8 cm³/mol. The summed E-state index contributed by atoms with van der Waals surface area (Å²) in [6, 6.07) is 0. The second kappa shape index (κ2) is 3.35. The molecule has 0 aromatic rings. The molecule has 12 heavy (non-hydrogen) atoms. The second-order valence-electron chi connectivity index (χ2n) is 5.01. The number of aliphatic hydroxyl groups is 2. The zero-order chi connectivity index (χ0) is 9.35. The van der Waals surface area contributed by atoms with Crippen LogP contribution in [0.15, 0.2) is 0 Å². The number of hydrogen-bond donors (Lipinski definition) is 2. The van der Waals surface area contributed by atoms with Crippen molar-refractivity contribution in [3.8, 4) is 0 Å². The van der Waals surface area contributed by atoms with E-state index in [2.05, 4.69) is 20.8 Å². The molecule has 1 unspecified atom stereocenters. The van der Waals surface area contributed by atoms with Crippen LogP contribution in [0.4, 0.5) is 0 Å². The Morgan fingerprint density at radius 3 is 2.00 bits per heavy atom. The Morgan fingerprint density at radius 1 is 1.00 bits per heavy atom. The molecule has 0 spiro atoms. The van der Waals surface area contributed by atoms with Gasteiger partial charge >= 0.3 is 0 Å². The minimum Gasteiger partial charge on any atom is -0.390 e. The van der Waals surface area contributed by atoms with E-state index in [-0.39, 0.29) is 5.41 Å². The molecule has 72 valence electrons. The number of hydrogen-bond acceptors (Lipinski definition) is 2. The lowest BCUT2D eigenvalue weighted by Crippen LogP contribution is -2.37. The molecule has 1 rings (SSSR count). The fourth-order valence-electron chi connectivity index (χ4n) is 1.92. The van der Waals surface area contributed by atoms with E-state index in [0.29, 0.717) is 5.92 Å². The molecule has 0 aromatic heterocycles. The van der Waals surface area contributed by atoms with Gasteiger partial charge in [0.25, 0.3) is 0 Å². The smallest absolute Gasteiger partial charge is 0.0801 e. The maximum absolute atomic E-state index is 9.46. The summed E-state index contributed by atoms with van der Waals surface area (Å²) in [5.74, 6) is 0.552. The Balaban J connectivity index is 2.51. The highest BCUT2D eigenvalue weighted by Crippen LogP contribution is 2.37. The van der Waals surface area contributed by atoms with Gasteiger partial charge in [-0.3, -0.25) is 0 Å². The van der Waals surface area contributed by atoms with E-state index in [0.717, 1.165) is 19.3 Å². The van der Waals surface area contributed by atoms with Crippen molar-refractivity contribution in [2.75, 3.05) is 0 Å². The fraction of sp³-hybridized carbons (Fsp3) is 1.00. The third-order valence-electron chi connectivity index (χ3n) is 3.01. The van der Waals surface area contributed by atoms with Gasteiger partial charge in [0.1, 0.15) is 0 Å². The van der Waals surface area contributed by atoms with Gasteiger partial charge in [0.15, 0.2) is 0 Å². The summed E-state index contributed by atoms with van der Waals surface area (Å²) in [5, 5.41) is 18.8. The molecule has 2 nitrogen and oxygen atoms in total. The molecule has 1 aliphatic rings. The minimum absolute atomic E-state index is 0.265. The summed E-state index contributed by atoms with van der Waals surface area (Å²) in [6.45, 7) is 6.59. The topological polar surface area (TPSA) is 40.5 Å². The van der Waals surface area contributed by atoms with Crippen molar-refractivity contribution in [1.29, 1.82) is 0 Å². The highest BCUT2D eigenvalue weighted by atomic mass is 16.3. The van der Waals surface area contributed by atoms with Gasteiger partial charge in [-0.1, -0.05) is 20.8 Å². The highest BCUT2D eigenvalue weighted by molar-refractivity contribution is 4.85. The van der Waals surface area contributed by atoms with Crippen molar-refractivity contribution in [2.45, 2.75) is 52.2 Å². The molecule has 1 aliphatic carbocycles. The van der Waals surface area contributed by atoms with Gasteiger partial charge in [0.05, 0.1) is 12.2 Å². The Hall–Kier alpha value is -0.0800. The first kappa shape index (κ1) is 10.0. The van der Waals surface area contributed by atoms with E-state index in [1.54, 1.807) is 0 Å². The molecular formula is C10H20O2. The summed E-state index contributed by atoms with van der Waals surface area (Å²) in [5.41, 5.74) is 0.265. The summed E-state index contributed by atoms with van der Waals surface area (Å²) in [7, 11) is 0. The minimum atomic E-state index is -0.497. The Morgan fingerprint density at radius 2 is 1.58 bits per heavy atom. The number of aliphatic hydroxyl groups excluding tert-OH is 2. The average Bonchev–Trinajstić information content (AvgIpc) is 1.92. The lowest BCUT2D eigenvalue weighted by atomic mass is 9.71. The molecule has 0 aliphatic heterocycles. The van der Waals surface area contributed by atoms with Crippen LogP contribution in [0.1, 0.15) is 40.0 Å². The zero-order valence-corrected chi connectivity index (χ0v) is 8.25. The van der Waals surface area contributed by atoms with Crippen LogP contribution in [-0.2, 0) is 0 Å². The SMILES string of the molecule is CC(C)(C)[C@@H]1CCC(O)[C@H](O)C1. The largest absolute Gasteiger partial charge is 0.390 e. The molecule has 2 heteroatoms. The van der Waals surface area contributed by atoms with Crippen molar-refractivity contribution in [2.24, 2.45) is 11.3 Å². The van der Waals surface area contributed by atoms with E-state index in [9.17, 15) is 10.2 Å². The zero-order valence-electron chi connectivity index (χ0n) is 8.25. The Labute approximate surface area is 74.6 Å². The molecule has 0 saturated heterocycles. The average molecular weight is 172 g/mol. The summed E-state index contributed by atoms with van der Waals surface area (Å²) in [6.07, 6.45) is 1.57. The van der Waals surface area contributed by atoms with Crippen LogP contribution >= 0.6 is 0 Å². The van der Waals surface area contributed by atoms with E-state index < -0.39 is 12.2 Å². The lowest BCUT2D eigenvalue weighted by molar-refractivity contribution is -0.0432. The van der Waals surface area contributed by atoms with E-state index >= 15 is 0 Å². The molecule has 0 bridgehead atoms. The third-order valence-corrected chi connectivity index (χ3v) is 3.01. The van der Waals surface area contributed by atoms with Crippen LogP contribution < -0.4 is 0 Å². The van der Waals surface area contributed by atoms with Crippen molar-refractivity contribution >= 4 is 0 Å². The summed E-state index contributed by atoms with van der Waals surface area (Å²) >= 11 is 0. The maximum atomic E-state index is 9.46. The van der Waals surface area contributed by atoms with Crippen molar-refractivity contribution in [3.63, 3.8) is 0 Å².